The van der Waals surface area contributed by atoms with Crippen LogP contribution in [-0.4, -0.2) is 42.5 Å². The van der Waals surface area contributed by atoms with E-state index < -0.39 is 15.9 Å². The van der Waals surface area contributed by atoms with Crippen molar-refractivity contribution in [1.82, 2.24) is 9.29 Å². The smallest absolute Gasteiger partial charge is 0.257 e. The fourth-order valence-corrected chi connectivity index (χ4v) is 5.75. The Balaban J connectivity index is 1.43. The summed E-state index contributed by atoms with van der Waals surface area (Å²) in [7, 11) is -3.57. The molecule has 4 rings (SSSR count). The number of sulfonamides is 1. The number of hydrogen-bond acceptors (Lipinski definition) is 6. The molecule has 7 nitrogen and oxygen atoms in total. The van der Waals surface area contributed by atoms with Gasteiger partial charge in [0, 0.05) is 29.6 Å². The molecule has 0 spiro atoms. The van der Waals surface area contributed by atoms with Crippen molar-refractivity contribution in [3.63, 3.8) is 0 Å². The molecule has 0 bridgehead atoms. The standard InChI is InChI=1S/C23H23N3O4S2/c27-21(17-8-4-3-5-9-17)20-16-31-23(24-20)25-22(28)18-10-12-19(13-11-18)32(29,30)26-14-6-1-2-7-15-26/h3-5,8-13,16H,1-2,6-7,14-15H2,(H,24,25,28). The maximum atomic E-state index is 12.9. The number of aromatic nitrogens is 1. The third kappa shape index (κ3) is 4.95. The van der Waals surface area contributed by atoms with E-state index in [2.05, 4.69) is 10.3 Å². The Labute approximate surface area is 191 Å². The molecule has 0 aliphatic carbocycles. The summed E-state index contributed by atoms with van der Waals surface area (Å²) in [5, 5.41) is 4.57. The second-order valence-corrected chi connectivity index (χ2v) is 10.3. The fourth-order valence-electron chi connectivity index (χ4n) is 3.55. The normalized spacial score (nSPS) is 15.1. The first-order chi connectivity index (χ1) is 15.4. The molecule has 2 heterocycles. The minimum atomic E-state index is -3.57. The van der Waals surface area contributed by atoms with Gasteiger partial charge >= 0.3 is 0 Å². The van der Waals surface area contributed by atoms with E-state index in [9.17, 15) is 18.0 Å². The first-order valence-electron chi connectivity index (χ1n) is 10.4. The molecular formula is C23H23N3O4S2. The Morgan fingerprint density at radius 3 is 2.19 bits per heavy atom. The number of nitrogens with one attached hydrogen (secondary N) is 1. The van der Waals surface area contributed by atoms with Gasteiger partial charge in [0.2, 0.25) is 15.8 Å². The highest BCUT2D eigenvalue weighted by Gasteiger charge is 2.25. The zero-order chi connectivity index (χ0) is 22.6. The molecule has 0 radical (unpaired) electrons. The van der Waals surface area contributed by atoms with Crippen LogP contribution in [0, 0.1) is 0 Å². The number of benzene rings is 2. The molecule has 1 N–H and O–H groups in total. The van der Waals surface area contributed by atoms with Crippen molar-refractivity contribution in [3.05, 3.63) is 76.8 Å². The van der Waals surface area contributed by atoms with Gasteiger partial charge in [-0.05, 0) is 37.1 Å². The van der Waals surface area contributed by atoms with Crippen LogP contribution in [-0.2, 0) is 10.0 Å². The molecule has 0 saturated carbocycles. The van der Waals surface area contributed by atoms with Crippen molar-refractivity contribution in [2.24, 2.45) is 0 Å². The Kier molecular flexibility index (Phi) is 6.78. The minimum Gasteiger partial charge on any atom is -0.298 e. The van der Waals surface area contributed by atoms with Gasteiger partial charge in [-0.3, -0.25) is 14.9 Å². The van der Waals surface area contributed by atoms with Crippen molar-refractivity contribution in [2.45, 2.75) is 30.6 Å². The van der Waals surface area contributed by atoms with Crippen LogP contribution in [0.25, 0.3) is 0 Å². The molecule has 1 aromatic heterocycles. The molecule has 1 fully saturated rings. The molecule has 2 aromatic carbocycles. The zero-order valence-corrected chi connectivity index (χ0v) is 19.0. The number of anilines is 1. The first kappa shape index (κ1) is 22.3. The van der Waals surface area contributed by atoms with Crippen LogP contribution in [0.5, 0.6) is 0 Å². The number of nitrogens with zero attached hydrogens (tertiary/aromatic N) is 2. The van der Waals surface area contributed by atoms with E-state index in [0.29, 0.717) is 29.3 Å². The summed E-state index contributed by atoms with van der Waals surface area (Å²) < 4.78 is 27.3. The van der Waals surface area contributed by atoms with Crippen LogP contribution < -0.4 is 5.32 Å². The Morgan fingerprint density at radius 2 is 1.53 bits per heavy atom. The van der Waals surface area contributed by atoms with Crippen molar-refractivity contribution >= 4 is 38.2 Å². The lowest BCUT2D eigenvalue weighted by molar-refractivity contribution is 0.101. The maximum Gasteiger partial charge on any atom is 0.257 e. The highest BCUT2D eigenvalue weighted by molar-refractivity contribution is 7.89. The van der Waals surface area contributed by atoms with E-state index in [1.54, 1.807) is 29.6 Å². The maximum absolute atomic E-state index is 12.9. The Morgan fingerprint density at radius 1 is 0.875 bits per heavy atom. The predicted molar refractivity (Wildman–Crippen MR) is 124 cm³/mol. The molecule has 0 atom stereocenters. The van der Waals surface area contributed by atoms with Gasteiger partial charge < -0.3 is 0 Å². The van der Waals surface area contributed by atoms with Crippen LogP contribution in [0.3, 0.4) is 0 Å². The molecule has 1 aliphatic heterocycles. The number of hydrogen-bond donors (Lipinski definition) is 1. The number of rotatable bonds is 6. The quantitative estimate of drug-likeness (QED) is 0.546. The highest BCUT2D eigenvalue weighted by Crippen LogP contribution is 2.22. The topological polar surface area (TPSA) is 96.4 Å². The van der Waals surface area contributed by atoms with Gasteiger partial charge in [0.15, 0.2) is 5.13 Å². The second-order valence-electron chi connectivity index (χ2n) is 7.53. The second kappa shape index (κ2) is 9.72. The van der Waals surface area contributed by atoms with Crippen LogP contribution in [0.4, 0.5) is 5.13 Å². The molecule has 32 heavy (non-hydrogen) atoms. The summed E-state index contributed by atoms with van der Waals surface area (Å²) in [6.45, 7) is 1.05. The Hall–Kier alpha value is -2.88. The molecule has 1 aliphatic rings. The fraction of sp³-hybridized carbons (Fsp3) is 0.261. The number of amides is 1. The number of thiazole rings is 1. The third-order valence-corrected chi connectivity index (χ3v) is 7.98. The monoisotopic (exact) mass is 469 g/mol. The highest BCUT2D eigenvalue weighted by atomic mass is 32.2. The van der Waals surface area contributed by atoms with Gasteiger partial charge in [-0.1, -0.05) is 43.2 Å². The van der Waals surface area contributed by atoms with Gasteiger partial charge in [-0.25, -0.2) is 13.4 Å². The molecule has 1 amide bonds. The number of carbonyl (C=O) groups is 2. The van der Waals surface area contributed by atoms with Crippen molar-refractivity contribution in [2.75, 3.05) is 18.4 Å². The van der Waals surface area contributed by atoms with Gasteiger partial charge in [0.25, 0.3) is 5.91 Å². The Bertz CT molecular complexity index is 1200. The summed E-state index contributed by atoms with van der Waals surface area (Å²) in [4.78, 5) is 29.4. The summed E-state index contributed by atoms with van der Waals surface area (Å²) in [5.74, 6) is -0.637. The lowest BCUT2D eigenvalue weighted by Crippen LogP contribution is -2.31. The van der Waals surface area contributed by atoms with E-state index in [4.69, 9.17) is 0 Å². The summed E-state index contributed by atoms with van der Waals surface area (Å²) in [5.41, 5.74) is 1.10. The van der Waals surface area contributed by atoms with Crippen LogP contribution in [0.1, 0.15) is 52.1 Å². The van der Waals surface area contributed by atoms with Crippen molar-refractivity contribution < 1.29 is 18.0 Å². The third-order valence-electron chi connectivity index (χ3n) is 5.31. The molecular weight excluding hydrogens is 446 g/mol. The molecule has 0 unspecified atom stereocenters. The van der Waals surface area contributed by atoms with E-state index in [1.807, 2.05) is 6.07 Å². The lowest BCUT2D eigenvalue weighted by Gasteiger charge is -2.20. The summed E-state index contributed by atoms with van der Waals surface area (Å²) in [6.07, 6.45) is 3.81. The average molecular weight is 470 g/mol. The van der Waals surface area contributed by atoms with Crippen molar-refractivity contribution in [1.29, 1.82) is 0 Å². The summed E-state index contributed by atoms with van der Waals surface area (Å²) >= 11 is 1.16. The minimum absolute atomic E-state index is 0.181. The molecule has 3 aromatic rings. The van der Waals surface area contributed by atoms with Gasteiger partial charge in [-0.15, -0.1) is 11.3 Å². The number of carbonyl (C=O) groups excluding carboxylic acids is 2. The van der Waals surface area contributed by atoms with Gasteiger partial charge in [-0.2, -0.15) is 4.31 Å². The average Bonchev–Trinajstić information content (AvgIpc) is 3.10. The molecule has 166 valence electrons. The van der Waals surface area contributed by atoms with E-state index in [1.165, 1.54) is 28.6 Å². The van der Waals surface area contributed by atoms with E-state index in [-0.39, 0.29) is 16.4 Å². The van der Waals surface area contributed by atoms with Crippen LogP contribution in [0.15, 0.2) is 64.9 Å². The summed E-state index contributed by atoms with van der Waals surface area (Å²) in [6, 6.07) is 14.7. The number of ketones is 1. The van der Waals surface area contributed by atoms with Crippen molar-refractivity contribution in [3.8, 4) is 0 Å². The largest absolute Gasteiger partial charge is 0.298 e. The van der Waals surface area contributed by atoms with Gasteiger partial charge in [0.1, 0.15) is 5.69 Å². The van der Waals surface area contributed by atoms with Gasteiger partial charge in [0.05, 0.1) is 4.90 Å². The first-order valence-corrected chi connectivity index (χ1v) is 12.7. The predicted octanol–water partition coefficient (Wildman–Crippen LogP) is 4.19. The van der Waals surface area contributed by atoms with E-state index >= 15 is 0 Å². The SMILES string of the molecule is O=C(Nc1nc(C(=O)c2ccccc2)cs1)c1ccc(S(=O)(=O)N2CCCCCC2)cc1. The lowest BCUT2D eigenvalue weighted by atomic mass is 10.1. The van der Waals surface area contributed by atoms with Crippen LogP contribution in [0.2, 0.25) is 0 Å². The van der Waals surface area contributed by atoms with E-state index in [0.717, 1.165) is 37.0 Å². The zero-order valence-electron chi connectivity index (χ0n) is 17.4. The van der Waals surface area contributed by atoms with Crippen LogP contribution >= 0.6 is 11.3 Å². The molecule has 9 heteroatoms. The molecule has 1 saturated heterocycles.